The van der Waals surface area contributed by atoms with Gasteiger partial charge >= 0.3 is 11.9 Å². The Morgan fingerprint density at radius 3 is 1.85 bits per heavy atom. The average Bonchev–Trinajstić information content (AvgIpc) is 3.45. The van der Waals surface area contributed by atoms with Crippen LogP contribution in [0, 0.1) is 0 Å². The van der Waals surface area contributed by atoms with Crippen LogP contribution in [0.2, 0.25) is 0 Å². The standard InChI is InChI=1S/C22H32N4O8S7/c1-3-33-20(30)14(10-38-26-13(9-36)22(32)37)23-18(28)16-5-6-17(40-16)19(29)24-15(21(31)34-4-2)11-39-41-25-12(7-27)8-35/h5-7,12-15,25-26,35-36H,3-4,8-11H2,1-2H3,(H,23,28)(H,24,29)(H,32,37)/t12-,13+,14?,15?/m1/s1. The normalized spacial score (nSPS) is 13.8. The van der Waals surface area contributed by atoms with E-state index in [0.29, 0.717) is 12.0 Å². The molecule has 12 nitrogen and oxygen atoms in total. The summed E-state index contributed by atoms with van der Waals surface area (Å²) in [6, 6.07) is -0.321. The highest BCUT2D eigenvalue weighted by molar-refractivity contribution is 8.76. The molecule has 0 bridgehead atoms. The highest BCUT2D eigenvalue weighted by Gasteiger charge is 2.27. The maximum absolute atomic E-state index is 12.9. The Morgan fingerprint density at radius 2 is 1.41 bits per heavy atom. The molecule has 0 fully saturated rings. The largest absolute Gasteiger partial charge is 0.464 e. The fourth-order valence-electron chi connectivity index (χ4n) is 2.57. The minimum Gasteiger partial charge on any atom is -0.464 e. The molecule has 1 heterocycles. The van der Waals surface area contributed by atoms with Gasteiger partial charge < -0.3 is 24.9 Å². The number of thiophene rings is 1. The van der Waals surface area contributed by atoms with Gasteiger partial charge in [0, 0.05) is 23.0 Å². The molecule has 0 saturated heterocycles. The van der Waals surface area contributed by atoms with Crippen LogP contribution in [0.25, 0.3) is 0 Å². The van der Waals surface area contributed by atoms with Crippen LogP contribution in [0.15, 0.2) is 12.1 Å². The van der Waals surface area contributed by atoms with E-state index in [1.807, 2.05) is 0 Å². The number of nitrogens with one attached hydrogen (secondary N) is 4. The molecule has 0 aliphatic carbocycles. The van der Waals surface area contributed by atoms with Crippen LogP contribution in [0.1, 0.15) is 33.2 Å². The molecule has 0 saturated carbocycles. The lowest BCUT2D eigenvalue weighted by Crippen LogP contribution is -2.44. The third kappa shape index (κ3) is 14.3. The van der Waals surface area contributed by atoms with Gasteiger partial charge in [-0.1, -0.05) is 22.7 Å². The van der Waals surface area contributed by atoms with Gasteiger partial charge in [0.25, 0.3) is 11.8 Å². The van der Waals surface area contributed by atoms with E-state index in [1.165, 1.54) is 22.9 Å². The zero-order valence-electron chi connectivity index (χ0n) is 22.0. The van der Waals surface area contributed by atoms with Crippen molar-refractivity contribution in [3.8, 4) is 0 Å². The maximum Gasteiger partial charge on any atom is 0.329 e. The number of hydrogen-bond acceptors (Lipinski definition) is 16. The van der Waals surface area contributed by atoms with Crippen molar-refractivity contribution in [2.24, 2.45) is 0 Å². The van der Waals surface area contributed by atoms with Crippen LogP contribution < -0.4 is 20.1 Å². The summed E-state index contributed by atoms with van der Waals surface area (Å²) < 4.78 is 15.8. The summed E-state index contributed by atoms with van der Waals surface area (Å²) in [4.78, 5) is 73.2. The Labute approximate surface area is 271 Å². The molecule has 0 radical (unpaired) electrons. The van der Waals surface area contributed by atoms with Crippen LogP contribution in [-0.2, 0) is 28.7 Å². The molecule has 1 aromatic heterocycles. The van der Waals surface area contributed by atoms with E-state index in [2.05, 4.69) is 58.0 Å². The molecule has 1 rings (SSSR count). The Kier molecular flexibility index (Phi) is 20.0. The third-order valence-electron chi connectivity index (χ3n) is 4.62. The zero-order chi connectivity index (χ0) is 30.8. The summed E-state index contributed by atoms with van der Waals surface area (Å²) in [6.07, 6.45) is 0.713. The molecule has 4 atom stereocenters. The number of thiol groups is 3. The summed E-state index contributed by atoms with van der Waals surface area (Å²) in [5.41, 5.74) is 0. The number of ether oxygens (including phenoxy) is 2. The lowest BCUT2D eigenvalue weighted by Gasteiger charge is -2.18. The fraction of sp³-hybridized carbons (Fsp3) is 0.545. The fourth-order valence-corrected chi connectivity index (χ4v) is 7.26. The van der Waals surface area contributed by atoms with E-state index < -0.39 is 53.0 Å². The van der Waals surface area contributed by atoms with Crippen LogP contribution in [0.4, 0.5) is 0 Å². The van der Waals surface area contributed by atoms with Crippen molar-refractivity contribution in [3.05, 3.63) is 21.9 Å². The first-order chi connectivity index (χ1) is 19.6. The van der Waals surface area contributed by atoms with Gasteiger partial charge in [0.2, 0.25) is 5.12 Å². The van der Waals surface area contributed by atoms with Gasteiger partial charge in [-0.3, -0.25) is 19.1 Å². The first-order valence-corrected chi connectivity index (χ1v) is 17.8. The topological polar surface area (TPSA) is 169 Å². The molecule has 230 valence electrons. The number of aldehydes is 1. The second kappa shape index (κ2) is 21.6. The van der Waals surface area contributed by atoms with Crippen molar-refractivity contribution in [3.63, 3.8) is 0 Å². The van der Waals surface area contributed by atoms with Gasteiger partial charge in [-0.25, -0.2) is 14.3 Å². The summed E-state index contributed by atoms with van der Waals surface area (Å²) in [7, 11) is 2.34. The summed E-state index contributed by atoms with van der Waals surface area (Å²) in [5.74, 6) is -1.84. The highest BCUT2D eigenvalue weighted by atomic mass is 33.1. The quantitative estimate of drug-likeness (QED) is 0.0246. The molecule has 41 heavy (non-hydrogen) atoms. The van der Waals surface area contributed by atoms with Crippen LogP contribution in [0.3, 0.4) is 0 Å². The van der Waals surface area contributed by atoms with Crippen LogP contribution in [-0.4, -0.2) is 95.5 Å². The van der Waals surface area contributed by atoms with Crippen molar-refractivity contribution in [1.29, 1.82) is 0 Å². The Balaban J connectivity index is 2.84. The van der Waals surface area contributed by atoms with Gasteiger partial charge in [0.05, 0.1) is 35.1 Å². The van der Waals surface area contributed by atoms with E-state index >= 15 is 0 Å². The van der Waals surface area contributed by atoms with E-state index in [9.17, 15) is 28.8 Å². The number of esters is 2. The number of carbonyl (C=O) groups is 6. The van der Waals surface area contributed by atoms with Crippen molar-refractivity contribution < 1.29 is 38.2 Å². The van der Waals surface area contributed by atoms with Gasteiger partial charge in [0.1, 0.15) is 18.4 Å². The Hall–Kier alpha value is -1.06. The molecular formula is C22H32N4O8S7. The minimum atomic E-state index is -1.05. The Morgan fingerprint density at radius 1 is 0.878 bits per heavy atom. The smallest absolute Gasteiger partial charge is 0.329 e. The number of hydrogen-bond donors (Lipinski definition) is 7. The monoisotopic (exact) mass is 704 g/mol. The predicted octanol–water partition coefficient (Wildman–Crippen LogP) is 1.45. The van der Waals surface area contributed by atoms with Gasteiger partial charge in [-0.2, -0.15) is 25.3 Å². The lowest BCUT2D eigenvalue weighted by atomic mass is 10.3. The predicted molar refractivity (Wildman–Crippen MR) is 174 cm³/mol. The van der Waals surface area contributed by atoms with Crippen molar-refractivity contribution in [2.75, 3.05) is 36.2 Å². The van der Waals surface area contributed by atoms with Crippen molar-refractivity contribution >= 4 is 118 Å². The molecule has 19 heteroatoms. The minimum absolute atomic E-state index is 0.0436. The number of rotatable bonds is 21. The van der Waals surface area contributed by atoms with E-state index in [-0.39, 0.29) is 40.2 Å². The average molecular weight is 705 g/mol. The highest BCUT2D eigenvalue weighted by Crippen LogP contribution is 2.21. The molecule has 0 spiro atoms. The molecule has 2 unspecified atom stereocenters. The van der Waals surface area contributed by atoms with Crippen molar-refractivity contribution in [1.82, 2.24) is 20.1 Å². The molecule has 1 aromatic rings. The Bertz CT molecular complexity index is 1030. The maximum atomic E-state index is 12.9. The number of amides is 2. The van der Waals surface area contributed by atoms with E-state index in [4.69, 9.17) is 9.47 Å². The summed E-state index contributed by atoms with van der Waals surface area (Å²) >= 11 is 13.8. The molecule has 2 amide bonds. The third-order valence-corrected chi connectivity index (χ3v) is 9.76. The first kappa shape index (κ1) is 38.0. The lowest BCUT2D eigenvalue weighted by molar-refractivity contribution is -0.145. The van der Waals surface area contributed by atoms with E-state index in [0.717, 1.165) is 34.3 Å². The molecule has 4 N–H and O–H groups in total. The van der Waals surface area contributed by atoms with Gasteiger partial charge in [0.15, 0.2) is 0 Å². The molecular weight excluding hydrogens is 673 g/mol. The SMILES string of the molecule is CCOC(=O)C(CSN[C@@H](CS)C(=O)S)NC(=O)c1ccc(C(=O)NC(CSSN[C@H](C=O)CS)C(=O)OCC)s1. The van der Waals surface area contributed by atoms with Crippen LogP contribution in [0.5, 0.6) is 0 Å². The van der Waals surface area contributed by atoms with Gasteiger partial charge in [-0.15, -0.1) is 24.0 Å². The zero-order valence-corrected chi connectivity index (χ0v) is 28.0. The number of carbonyl (C=O) groups excluding carboxylic acids is 6. The van der Waals surface area contributed by atoms with E-state index in [1.54, 1.807) is 13.8 Å². The molecule has 0 aliphatic rings. The van der Waals surface area contributed by atoms with Crippen molar-refractivity contribution in [2.45, 2.75) is 38.0 Å². The second-order valence-corrected chi connectivity index (χ2v) is 12.9. The van der Waals surface area contributed by atoms with Crippen LogP contribution >= 0.6 is 82.9 Å². The summed E-state index contributed by atoms with van der Waals surface area (Å²) in [5, 5.41) is 4.77. The van der Waals surface area contributed by atoms with Gasteiger partial charge in [-0.05, 0) is 37.0 Å². The molecule has 0 aliphatic heterocycles. The second-order valence-electron chi connectivity index (χ2n) is 7.63. The first-order valence-electron chi connectivity index (χ1n) is 12.0. The molecule has 0 aromatic carbocycles. The summed E-state index contributed by atoms with van der Waals surface area (Å²) in [6.45, 7) is 3.49.